The lowest BCUT2D eigenvalue weighted by Gasteiger charge is -2.16. The third-order valence-corrected chi connectivity index (χ3v) is 5.83. The van der Waals surface area contributed by atoms with Gasteiger partial charge in [0.2, 0.25) is 0 Å². The monoisotopic (exact) mass is 306 g/mol. The zero-order chi connectivity index (χ0) is 14.3. The molecule has 0 rings (SSSR count). The van der Waals surface area contributed by atoms with Crippen molar-refractivity contribution < 1.29 is 3.63 Å². The zero-order valence-corrected chi connectivity index (χ0v) is 15.1. The Bertz CT molecular complexity index is 158. The molecule has 0 aliphatic rings. The Kier molecular flexibility index (Phi) is 15.6. The van der Waals surface area contributed by atoms with E-state index in [0.717, 1.165) is 0 Å². The molecule has 0 saturated heterocycles. The molecule has 0 amide bonds. The molecule has 0 N–H and O–H groups in total. The summed E-state index contributed by atoms with van der Waals surface area (Å²) in [6, 6.07) is 0. The normalized spacial score (nSPS) is 14.5. The summed E-state index contributed by atoms with van der Waals surface area (Å²) in [4.78, 5) is 0. The van der Waals surface area contributed by atoms with Crippen LogP contribution >= 0.6 is 24.1 Å². The topological polar surface area (TPSA) is 9.23 Å². The first-order valence-electron chi connectivity index (χ1n) is 8.27. The van der Waals surface area contributed by atoms with Crippen LogP contribution in [0, 0.1) is 0 Å². The predicted octanol–water partition coefficient (Wildman–Crippen LogP) is 7.02. The lowest BCUT2D eigenvalue weighted by atomic mass is 10.1. The fourth-order valence-electron chi connectivity index (χ4n) is 2.02. The first-order valence-corrected chi connectivity index (χ1v) is 9.88. The lowest BCUT2D eigenvalue weighted by Crippen LogP contribution is -2.04. The summed E-state index contributed by atoms with van der Waals surface area (Å²) in [5, 5.41) is 1.37. The van der Waals surface area contributed by atoms with Crippen molar-refractivity contribution in [2.45, 2.75) is 102 Å². The summed E-state index contributed by atoms with van der Waals surface area (Å²) in [6.07, 6.45) is 13.1. The molecule has 0 radical (unpaired) electrons. The highest BCUT2D eigenvalue weighted by molar-refractivity contribution is 8.08. The van der Waals surface area contributed by atoms with Crippen LogP contribution in [0.3, 0.4) is 0 Å². The highest BCUT2D eigenvalue weighted by Gasteiger charge is 2.12. The lowest BCUT2D eigenvalue weighted by molar-refractivity contribution is 0.602. The molecule has 3 heteroatoms. The smallest absolute Gasteiger partial charge is 0.0321 e. The summed E-state index contributed by atoms with van der Waals surface area (Å²) >= 11 is 3.44. The van der Waals surface area contributed by atoms with Gasteiger partial charge in [-0.25, -0.2) is 3.63 Å². The number of unbranched alkanes of at least 4 members (excludes halogenated alkanes) is 4. The third-order valence-electron chi connectivity index (χ3n) is 3.52. The maximum absolute atomic E-state index is 5.83. The van der Waals surface area contributed by atoms with Crippen molar-refractivity contribution in [1.82, 2.24) is 0 Å². The van der Waals surface area contributed by atoms with Gasteiger partial charge in [0.25, 0.3) is 0 Å². The van der Waals surface area contributed by atoms with Gasteiger partial charge in [0.15, 0.2) is 0 Å². The van der Waals surface area contributed by atoms with Gasteiger partial charge in [0.05, 0.1) is 0 Å². The molecule has 2 unspecified atom stereocenters. The molecule has 0 spiro atoms. The van der Waals surface area contributed by atoms with E-state index < -0.39 is 0 Å². The van der Waals surface area contributed by atoms with E-state index in [9.17, 15) is 0 Å². The molecule has 0 bridgehead atoms. The van der Waals surface area contributed by atoms with Gasteiger partial charge in [-0.3, -0.25) is 0 Å². The van der Waals surface area contributed by atoms with Gasteiger partial charge in [-0.2, -0.15) is 0 Å². The van der Waals surface area contributed by atoms with E-state index in [-0.39, 0.29) is 0 Å². The van der Waals surface area contributed by atoms with Crippen LogP contribution in [0.25, 0.3) is 0 Å². The minimum atomic E-state index is 0.687. The fourth-order valence-corrected chi connectivity index (χ4v) is 3.89. The van der Waals surface area contributed by atoms with Gasteiger partial charge in [-0.1, -0.05) is 66.2 Å². The van der Waals surface area contributed by atoms with Gasteiger partial charge >= 0.3 is 0 Å². The molecular formula is C16H34OS2. The molecule has 0 heterocycles. The van der Waals surface area contributed by atoms with Crippen molar-refractivity contribution in [3.8, 4) is 0 Å². The molecule has 0 aliphatic carbocycles. The average molecular weight is 307 g/mol. The number of rotatable bonds is 14. The second kappa shape index (κ2) is 15.1. The second-order valence-corrected chi connectivity index (χ2v) is 7.58. The fraction of sp³-hybridized carbons (Fsp3) is 1.00. The van der Waals surface area contributed by atoms with Crippen LogP contribution in [-0.2, 0) is 3.63 Å². The largest absolute Gasteiger partial charge is 0.247 e. The van der Waals surface area contributed by atoms with Gasteiger partial charge in [0, 0.05) is 34.6 Å². The van der Waals surface area contributed by atoms with Crippen molar-refractivity contribution in [3.63, 3.8) is 0 Å². The van der Waals surface area contributed by atoms with E-state index >= 15 is 0 Å². The van der Waals surface area contributed by atoms with Crippen molar-refractivity contribution in [2.75, 3.05) is 0 Å². The van der Waals surface area contributed by atoms with Gasteiger partial charge in [0.1, 0.15) is 0 Å². The first-order chi connectivity index (χ1) is 9.28. The molecule has 2 atom stereocenters. The van der Waals surface area contributed by atoms with Gasteiger partial charge in [-0.15, -0.1) is 0 Å². The Morgan fingerprint density at radius 2 is 1.11 bits per heavy atom. The molecule has 1 nitrogen and oxygen atoms in total. The molecule has 116 valence electrons. The molecule has 0 aromatic heterocycles. The van der Waals surface area contributed by atoms with E-state index in [4.69, 9.17) is 3.63 Å². The first kappa shape index (κ1) is 19.7. The number of hydrogen-bond donors (Lipinski definition) is 0. The Balaban J connectivity index is 3.64. The van der Waals surface area contributed by atoms with Crippen molar-refractivity contribution in [1.29, 1.82) is 0 Å². The second-order valence-electron chi connectivity index (χ2n) is 5.31. The van der Waals surface area contributed by atoms with Crippen LogP contribution in [-0.4, -0.2) is 10.5 Å². The zero-order valence-electron chi connectivity index (χ0n) is 13.5. The summed E-state index contributed by atoms with van der Waals surface area (Å²) < 4.78 is 5.83. The summed E-state index contributed by atoms with van der Waals surface area (Å²) in [6.45, 7) is 9.08. The highest BCUT2D eigenvalue weighted by atomic mass is 32.2. The Labute approximate surface area is 130 Å². The van der Waals surface area contributed by atoms with Crippen LogP contribution in [0.1, 0.15) is 91.9 Å². The molecule has 0 fully saturated rings. The molecule has 0 aliphatic heterocycles. The Morgan fingerprint density at radius 3 is 1.42 bits per heavy atom. The van der Waals surface area contributed by atoms with Crippen molar-refractivity contribution in [3.05, 3.63) is 0 Å². The highest BCUT2D eigenvalue weighted by Crippen LogP contribution is 2.31. The summed E-state index contributed by atoms with van der Waals surface area (Å²) in [5.41, 5.74) is 0. The van der Waals surface area contributed by atoms with Crippen LogP contribution in [0.15, 0.2) is 0 Å². The van der Waals surface area contributed by atoms with Crippen LogP contribution in [0.5, 0.6) is 0 Å². The van der Waals surface area contributed by atoms with E-state index in [1.165, 1.54) is 64.2 Å². The van der Waals surface area contributed by atoms with Crippen LogP contribution in [0.4, 0.5) is 0 Å². The molecule has 0 saturated carbocycles. The van der Waals surface area contributed by atoms with Crippen LogP contribution < -0.4 is 0 Å². The van der Waals surface area contributed by atoms with Gasteiger partial charge < -0.3 is 0 Å². The molecular weight excluding hydrogens is 272 g/mol. The van der Waals surface area contributed by atoms with Crippen molar-refractivity contribution in [2.24, 2.45) is 0 Å². The minimum Gasteiger partial charge on any atom is -0.247 e. The molecule has 19 heavy (non-hydrogen) atoms. The number of hydrogen-bond acceptors (Lipinski definition) is 3. The third kappa shape index (κ3) is 12.1. The average Bonchev–Trinajstić information content (AvgIpc) is 2.44. The van der Waals surface area contributed by atoms with E-state index in [1.54, 1.807) is 24.1 Å². The SMILES string of the molecule is CCCCCC(CC)SOSC(CC)CCCCC. The minimum absolute atomic E-state index is 0.687. The summed E-state index contributed by atoms with van der Waals surface area (Å²) in [5.74, 6) is 0. The van der Waals surface area contributed by atoms with E-state index in [0.29, 0.717) is 10.5 Å². The Hall–Kier alpha value is 0.660. The summed E-state index contributed by atoms with van der Waals surface area (Å²) in [7, 11) is 0. The molecule has 0 aromatic carbocycles. The van der Waals surface area contributed by atoms with Crippen molar-refractivity contribution >= 4 is 24.1 Å². The van der Waals surface area contributed by atoms with E-state index in [2.05, 4.69) is 27.7 Å². The molecule has 0 aromatic rings. The van der Waals surface area contributed by atoms with Crippen LogP contribution in [0.2, 0.25) is 0 Å². The predicted molar refractivity (Wildman–Crippen MR) is 92.7 cm³/mol. The maximum atomic E-state index is 5.83. The van der Waals surface area contributed by atoms with Gasteiger partial charge in [-0.05, 0) is 25.7 Å². The van der Waals surface area contributed by atoms with E-state index in [1.807, 2.05) is 0 Å². The quantitative estimate of drug-likeness (QED) is 0.252. The Morgan fingerprint density at radius 1 is 0.684 bits per heavy atom. The standard InChI is InChI=1S/C16H34OS2/c1-5-9-11-13-15(7-3)18-17-19-16(8-4)14-12-10-6-2/h15-16H,5-14H2,1-4H3. The maximum Gasteiger partial charge on any atom is 0.0321 e.